The summed E-state index contributed by atoms with van der Waals surface area (Å²) < 4.78 is 0. The molecule has 0 aliphatic carbocycles. The van der Waals surface area contributed by atoms with Crippen LogP contribution in [0.3, 0.4) is 0 Å². The zero-order chi connectivity index (χ0) is 22.5. The van der Waals surface area contributed by atoms with E-state index in [2.05, 4.69) is 19.1 Å². The molecule has 0 radical (unpaired) electrons. The van der Waals surface area contributed by atoms with Crippen LogP contribution in [0, 0.1) is 0 Å². The topological polar surface area (TPSA) is 81.1 Å². The van der Waals surface area contributed by atoms with Crippen molar-refractivity contribution in [2.45, 2.75) is 96.8 Å². The normalized spacial score (nSPS) is 10.8. The van der Waals surface area contributed by atoms with E-state index in [4.69, 9.17) is 10.2 Å². The van der Waals surface area contributed by atoms with Crippen LogP contribution in [0.1, 0.15) is 98.2 Å². The predicted molar refractivity (Wildman–Crippen MR) is 125 cm³/mol. The molecule has 0 saturated carbocycles. The van der Waals surface area contributed by atoms with Gasteiger partial charge in [-0.2, -0.15) is 0 Å². The second-order valence-electron chi connectivity index (χ2n) is 8.14. The molecule has 2 N–H and O–H groups in total. The molecule has 0 fully saturated rings. The van der Waals surface area contributed by atoms with Crippen LogP contribution < -0.4 is 29.6 Å². The van der Waals surface area contributed by atoms with Crippen LogP contribution >= 0.6 is 0 Å². The van der Waals surface area contributed by atoms with Crippen molar-refractivity contribution in [3.05, 3.63) is 12.2 Å². The second-order valence-corrected chi connectivity index (χ2v) is 8.14. The number of aliphatic hydroxyl groups is 1. The first-order valence-corrected chi connectivity index (χ1v) is 12.0. The van der Waals surface area contributed by atoms with Gasteiger partial charge in [0.1, 0.15) is 0 Å². The van der Waals surface area contributed by atoms with Gasteiger partial charge >= 0.3 is 35.7 Å². The van der Waals surface area contributed by atoms with Gasteiger partial charge in [0.25, 0.3) is 0 Å². The fourth-order valence-corrected chi connectivity index (χ4v) is 3.36. The number of carboxylic acid groups (broad SMARTS) is 1. The third-order valence-corrected chi connectivity index (χ3v) is 5.42. The van der Waals surface area contributed by atoms with Gasteiger partial charge in [0.15, 0.2) is 0 Å². The molecule has 0 rings (SSSR count). The summed E-state index contributed by atoms with van der Waals surface area (Å²) in [4.78, 5) is 25.8. The fraction of sp³-hybridized carbons (Fsp3) is 0.833. The van der Waals surface area contributed by atoms with Gasteiger partial charge in [0, 0.05) is 33.1 Å². The van der Waals surface area contributed by atoms with Crippen molar-refractivity contribution in [3.63, 3.8) is 0 Å². The van der Waals surface area contributed by atoms with E-state index in [1.807, 2.05) is 0 Å². The Kier molecular flexibility index (Phi) is 25.3. The van der Waals surface area contributed by atoms with E-state index < -0.39 is 6.09 Å². The SMILES string of the molecule is CCCCCCCC/C=C\CCCCCCCC(=O)N(C)CCN(CCO)C(=O)O.[H-].[Na+]. The van der Waals surface area contributed by atoms with Crippen LogP contribution in [0.25, 0.3) is 0 Å². The first kappa shape index (κ1) is 32.6. The number of amides is 2. The van der Waals surface area contributed by atoms with Crippen LogP contribution in [0.15, 0.2) is 12.2 Å². The minimum absolute atomic E-state index is 0. The van der Waals surface area contributed by atoms with Gasteiger partial charge in [-0.3, -0.25) is 4.79 Å². The van der Waals surface area contributed by atoms with Crippen molar-refractivity contribution >= 4 is 12.0 Å². The monoisotopic (exact) mass is 450 g/mol. The molecule has 0 bridgehead atoms. The summed E-state index contributed by atoms with van der Waals surface area (Å²) >= 11 is 0. The number of likely N-dealkylation sites (N-methyl/N-ethyl adjacent to an activating group) is 1. The number of aliphatic hydroxyl groups excluding tert-OH is 1. The Morgan fingerprint density at radius 2 is 1.32 bits per heavy atom. The van der Waals surface area contributed by atoms with E-state index in [0.717, 1.165) is 30.6 Å². The van der Waals surface area contributed by atoms with Crippen molar-refractivity contribution in [1.29, 1.82) is 0 Å². The molecule has 0 aliphatic rings. The molecule has 0 heterocycles. The van der Waals surface area contributed by atoms with Crippen LogP contribution in [-0.4, -0.2) is 65.3 Å². The average Bonchev–Trinajstić information content (AvgIpc) is 2.73. The van der Waals surface area contributed by atoms with Crippen LogP contribution in [-0.2, 0) is 4.79 Å². The van der Waals surface area contributed by atoms with E-state index in [1.165, 1.54) is 57.8 Å². The van der Waals surface area contributed by atoms with Crippen molar-refractivity contribution < 1.29 is 50.8 Å². The van der Waals surface area contributed by atoms with Gasteiger partial charge < -0.3 is 21.4 Å². The first-order valence-electron chi connectivity index (χ1n) is 12.0. The third-order valence-electron chi connectivity index (χ3n) is 5.42. The van der Waals surface area contributed by atoms with Gasteiger partial charge in [0.05, 0.1) is 6.61 Å². The van der Waals surface area contributed by atoms with Gasteiger partial charge in [-0.1, -0.05) is 70.4 Å². The Bertz CT molecular complexity index is 467. The Labute approximate surface area is 214 Å². The Morgan fingerprint density at radius 1 is 0.806 bits per heavy atom. The van der Waals surface area contributed by atoms with Crippen molar-refractivity contribution in [2.75, 3.05) is 33.3 Å². The Balaban J connectivity index is -0.00000420. The smallest absolute Gasteiger partial charge is 1.00 e. The molecule has 0 aliphatic heterocycles. The molecule has 31 heavy (non-hydrogen) atoms. The molecule has 178 valence electrons. The van der Waals surface area contributed by atoms with Crippen LogP contribution in [0.4, 0.5) is 4.79 Å². The number of carbonyl (C=O) groups excluding carboxylic acids is 1. The van der Waals surface area contributed by atoms with Crippen molar-refractivity contribution in [1.82, 2.24) is 9.80 Å². The number of nitrogens with zero attached hydrogens (tertiary/aromatic N) is 2. The number of unbranched alkanes of at least 4 members (excludes halogenated alkanes) is 11. The summed E-state index contributed by atoms with van der Waals surface area (Å²) in [7, 11) is 1.71. The largest absolute Gasteiger partial charge is 1.00 e. The Hall–Kier alpha value is -0.560. The molecule has 2 amide bonds. The maximum atomic E-state index is 12.1. The number of rotatable bonds is 20. The zero-order valence-electron chi connectivity index (χ0n) is 21.5. The standard InChI is InChI=1S/C24H46N2O4.Na.H/c1-3-4-5-6-7-8-9-10-11-12-13-14-15-16-17-18-23(28)25(2)19-20-26(21-22-27)24(29)30;;/h10-11,27H,3-9,12-22H2,1-2H3,(H,29,30);;/q;+1;-1/b11-10-;;. The molecule has 0 saturated heterocycles. The second kappa shape index (κ2) is 24.1. The molecule has 0 spiro atoms. The van der Waals surface area contributed by atoms with Crippen molar-refractivity contribution in [3.8, 4) is 0 Å². The molecule has 6 nitrogen and oxygen atoms in total. The average molecular weight is 451 g/mol. The summed E-state index contributed by atoms with van der Waals surface area (Å²) in [5.41, 5.74) is 0. The number of hydrogen-bond acceptors (Lipinski definition) is 3. The van der Waals surface area contributed by atoms with E-state index in [1.54, 1.807) is 11.9 Å². The van der Waals surface area contributed by atoms with E-state index in [0.29, 0.717) is 13.0 Å². The maximum absolute atomic E-state index is 12.1. The van der Waals surface area contributed by atoms with E-state index in [9.17, 15) is 9.59 Å². The molecular formula is C24H47N2NaO4. The van der Waals surface area contributed by atoms with Crippen molar-refractivity contribution in [2.24, 2.45) is 0 Å². The Morgan fingerprint density at radius 3 is 1.84 bits per heavy atom. The predicted octanol–water partition coefficient (Wildman–Crippen LogP) is 2.57. The van der Waals surface area contributed by atoms with Crippen LogP contribution in [0.5, 0.6) is 0 Å². The van der Waals surface area contributed by atoms with E-state index >= 15 is 0 Å². The number of carbonyl (C=O) groups is 2. The van der Waals surface area contributed by atoms with Crippen LogP contribution in [0.2, 0.25) is 0 Å². The number of allylic oxidation sites excluding steroid dienone is 2. The van der Waals surface area contributed by atoms with Gasteiger partial charge in [-0.15, -0.1) is 0 Å². The molecule has 0 aromatic carbocycles. The quantitative estimate of drug-likeness (QED) is 0.170. The summed E-state index contributed by atoms with van der Waals surface area (Å²) in [5, 5.41) is 17.9. The zero-order valence-corrected chi connectivity index (χ0v) is 22.5. The van der Waals surface area contributed by atoms with Gasteiger partial charge in [-0.25, -0.2) is 4.79 Å². The maximum Gasteiger partial charge on any atom is 1.00 e. The van der Waals surface area contributed by atoms with Gasteiger partial charge in [-0.05, 0) is 32.1 Å². The fourth-order valence-electron chi connectivity index (χ4n) is 3.36. The summed E-state index contributed by atoms with van der Waals surface area (Å²) in [6.45, 7) is 2.70. The molecule has 0 aromatic rings. The summed E-state index contributed by atoms with van der Waals surface area (Å²) in [6, 6.07) is 0. The molecule has 0 unspecified atom stereocenters. The third kappa shape index (κ3) is 21.1. The van der Waals surface area contributed by atoms with E-state index in [-0.39, 0.29) is 56.6 Å². The summed E-state index contributed by atoms with van der Waals surface area (Å²) in [6.07, 6.45) is 20.1. The van der Waals surface area contributed by atoms with Gasteiger partial charge in [0.2, 0.25) is 5.91 Å². The summed E-state index contributed by atoms with van der Waals surface area (Å²) in [5.74, 6) is 0.0574. The molecule has 7 heteroatoms. The molecule has 0 aromatic heterocycles. The minimum Gasteiger partial charge on any atom is -1.00 e. The first-order chi connectivity index (χ1) is 14.5. The molecular weight excluding hydrogens is 403 g/mol. The molecule has 0 atom stereocenters. The minimum atomic E-state index is -1.07. The number of hydrogen-bond donors (Lipinski definition) is 2.